The van der Waals surface area contributed by atoms with Gasteiger partial charge in [0.15, 0.2) is 5.11 Å². The van der Waals surface area contributed by atoms with E-state index in [0.717, 1.165) is 25.9 Å². The van der Waals surface area contributed by atoms with E-state index < -0.39 is 0 Å². The Morgan fingerprint density at radius 3 is 2.50 bits per heavy atom. The summed E-state index contributed by atoms with van der Waals surface area (Å²) in [5, 5.41) is 5.77. The summed E-state index contributed by atoms with van der Waals surface area (Å²) in [5.74, 6) is 0.277. The van der Waals surface area contributed by atoms with Crippen LogP contribution in [-0.2, 0) is 0 Å². The van der Waals surface area contributed by atoms with E-state index in [0.29, 0.717) is 27.0 Å². The number of halogens is 1. The van der Waals surface area contributed by atoms with Crippen molar-refractivity contribution in [3.05, 3.63) is 58.1 Å². The highest BCUT2D eigenvalue weighted by Gasteiger charge is 2.22. The van der Waals surface area contributed by atoms with Gasteiger partial charge in [0, 0.05) is 18.7 Å². The summed E-state index contributed by atoms with van der Waals surface area (Å²) in [7, 11) is 0. The number of likely N-dealkylation sites (tertiary alicyclic amines) is 1. The molecule has 0 saturated carbocycles. The fraction of sp³-hybridized carbons (Fsp3) is 0.318. The third kappa shape index (κ3) is 5.58. The molecule has 2 amide bonds. The monoisotopic (exact) mass is 489 g/mol. The van der Waals surface area contributed by atoms with E-state index in [1.165, 1.54) is 0 Å². The van der Waals surface area contributed by atoms with Gasteiger partial charge in [-0.3, -0.25) is 14.9 Å². The van der Waals surface area contributed by atoms with E-state index in [4.69, 9.17) is 17.0 Å². The number of hydrogen-bond acceptors (Lipinski definition) is 4. The van der Waals surface area contributed by atoms with Crippen LogP contribution in [0.5, 0.6) is 5.75 Å². The standard InChI is InChI=1S/C22H24BrN3O3S/c1-14(2)29-19-10-9-15(13-17(19)23)20(27)25-22(30)24-18-8-4-3-7-16(18)21(28)26-11-5-6-12-26/h3-4,7-10,13-14H,5-6,11-12H2,1-2H3,(H2,24,25,27,30). The second kappa shape index (κ2) is 10.0. The molecule has 0 radical (unpaired) electrons. The summed E-state index contributed by atoms with van der Waals surface area (Å²) >= 11 is 8.73. The summed E-state index contributed by atoms with van der Waals surface area (Å²) < 4.78 is 6.35. The molecule has 0 spiro atoms. The topological polar surface area (TPSA) is 70.7 Å². The summed E-state index contributed by atoms with van der Waals surface area (Å²) in [6.45, 7) is 5.40. The number of anilines is 1. The van der Waals surface area contributed by atoms with Crippen molar-refractivity contribution in [2.24, 2.45) is 0 Å². The number of ether oxygens (including phenoxy) is 1. The number of para-hydroxylation sites is 1. The Hall–Kier alpha value is -2.45. The van der Waals surface area contributed by atoms with E-state index in [9.17, 15) is 9.59 Å². The van der Waals surface area contributed by atoms with Gasteiger partial charge in [0.05, 0.1) is 21.8 Å². The minimum Gasteiger partial charge on any atom is -0.490 e. The highest BCUT2D eigenvalue weighted by molar-refractivity contribution is 9.10. The maximum atomic E-state index is 12.8. The molecule has 0 atom stereocenters. The number of nitrogens with one attached hydrogen (secondary N) is 2. The van der Waals surface area contributed by atoms with Gasteiger partial charge >= 0.3 is 0 Å². The molecule has 2 N–H and O–H groups in total. The van der Waals surface area contributed by atoms with E-state index in [1.807, 2.05) is 30.9 Å². The van der Waals surface area contributed by atoms with Crippen LogP contribution in [0.4, 0.5) is 5.69 Å². The van der Waals surface area contributed by atoms with Crippen molar-refractivity contribution in [3.8, 4) is 5.75 Å². The first-order valence-electron chi connectivity index (χ1n) is 9.82. The maximum Gasteiger partial charge on any atom is 0.257 e. The number of carbonyl (C=O) groups is 2. The van der Waals surface area contributed by atoms with E-state index >= 15 is 0 Å². The van der Waals surface area contributed by atoms with Crippen LogP contribution in [-0.4, -0.2) is 41.0 Å². The lowest BCUT2D eigenvalue weighted by Gasteiger charge is -2.18. The second-order valence-electron chi connectivity index (χ2n) is 7.26. The fourth-order valence-electron chi connectivity index (χ4n) is 3.19. The fourth-order valence-corrected chi connectivity index (χ4v) is 3.86. The Kier molecular flexibility index (Phi) is 7.44. The predicted octanol–water partition coefficient (Wildman–Crippen LogP) is 4.60. The molecule has 2 aromatic carbocycles. The van der Waals surface area contributed by atoms with Crippen molar-refractivity contribution in [3.63, 3.8) is 0 Å². The Morgan fingerprint density at radius 2 is 1.83 bits per heavy atom. The molecule has 30 heavy (non-hydrogen) atoms. The number of amides is 2. The molecule has 1 fully saturated rings. The van der Waals surface area contributed by atoms with Crippen molar-refractivity contribution in [2.45, 2.75) is 32.8 Å². The summed E-state index contributed by atoms with van der Waals surface area (Å²) in [6.07, 6.45) is 2.07. The zero-order chi connectivity index (χ0) is 21.7. The van der Waals surface area contributed by atoms with Crippen molar-refractivity contribution in [1.82, 2.24) is 10.2 Å². The first-order valence-corrected chi connectivity index (χ1v) is 11.0. The summed E-state index contributed by atoms with van der Waals surface area (Å²) in [4.78, 5) is 27.2. The summed E-state index contributed by atoms with van der Waals surface area (Å²) in [6, 6.07) is 12.3. The van der Waals surface area contributed by atoms with Crippen LogP contribution in [0.25, 0.3) is 0 Å². The number of thiocarbonyl (C=S) groups is 1. The molecule has 1 aliphatic rings. The third-order valence-corrected chi connectivity index (χ3v) is 5.41. The minimum absolute atomic E-state index is 0.0288. The largest absolute Gasteiger partial charge is 0.490 e. The molecule has 2 aromatic rings. The first kappa shape index (κ1) is 22.2. The molecule has 8 heteroatoms. The van der Waals surface area contributed by atoms with Gasteiger partial charge in [-0.1, -0.05) is 12.1 Å². The van der Waals surface area contributed by atoms with Gasteiger partial charge in [0.25, 0.3) is 11.8 Å². The maximum absolute atomic E-state index is 12.8. The minimum atomic E-state index is -0.354. The molecule has 1 aliphatic heterocycles. The number of rotatable bonds is 5. The zero-order valence-electron chi connectivity index (χ0n) is 16.9. The van der Waals surface area contributed by atoms with Gasteiger partial charge in [-0.2, -0.15) is 0 Å². The molecule has 1 saturated heterocycles. The van der Waals surface area contributed by atoms with Crippen LogP contribution in [0.1, 0.15) is 47.4 Å². The van der Waals surface area contributed by atoms with Gasteiger partial charge in [-0.25, -0.2) is 0 Å². The lowest BCUT2D eigenvalue weighted by molar-refractivity contribution is 0.0793. The predicted molar refractivity (Wildman–Crippen MR) is 125 cm³/mol. The van der Waals surface area contributed by atoms with Crippen molar-refractivity contribution in [2.75, 3.05) is 18.4 Å². The normalized spacial score (nSPS) is 13.3. The van der Waals surface area contributed by atoms with Crippen LogP contribution in [0.3, 0.4) is 0 Å². The van der Waals surface area contributed by atoms with Crippen LogP contribution in [0, 0.1) is 0 Å². The number of carbonyl (C=O) groups excluding carboxylic acids is 2. The van der Waals surface area contributed by atoms with Gasteiger partial charge in [-0.15, -0.1) is 0 Å². The molecular formula is C22H24BrN3O3S. The lowest BCUT2D eigenvalue weighted by Crippen LogP contribution is -2.35. The van der Waals surface area contributed by atoms with Gasteiger partial charge < -0.3 is 15.0 Å². The molecule has 0 aliphatic carbocycles. The molecule has 3 rings (SSSR count). The third-order valence-electron chi connectivity index (χ3n) is 4.58. The lowest BCUT2D eigenvalue weighted by atomic mass is 10.1. The van der Waals surface area contributed by atoms with Crippen molar-refractivity contribution < 1.29 is 14.3 Å². The van der Waals surface area contributed by atoms with Crippen LogP contribution in [0.15, 0.2) is 46.9 Å². The average Bonchev–Trinajstić information content (AvgIpc) is 3.24. The molecule has 0 unspecified atom stereocenters. The summed E-state index contributed by atoms with van der Waals surface area (Å²) in [5.41, 5.74) is 1.54. The number of benzene rings is 2. The Labute approximate surface area is 190 Å². The van der Waals surface area contributed by atoms with Crippen LogP contribution < -0.4 is 15.4 Å². The SMILES string of the molecule is CC(C)Oc1ccc(C(=O)NC(=S)Nc2ccccc2C(=O)N2CCCC2)cc1Br. The van der Waals surface area contributed by atoms with Crippen LogP contribution >= 0.6 is 28.1 Å². The smallest absolute Gasteiger partial charge is 0.257 e. The highest BCUT2D eigenvalue weighted by atomic mass is 79.9. The molecular weight excluding hydrogens is 466 g/mol. The van der Waals surface area contributed by atoms with Gasteiger partial charge in [0.2, 0.25) is 0 Å². The van der Waals surface area contributed by atoms with Crippen molar-refractivity contribution in [1.29, 1.82) is 0 Å². The van der Waals surface area contributed by atoms with Crippen molar-refractivity contribution >= 4 is 50.8 Å². The Bertz CT molecular complexity index is 958. The Balaban J connectivity index is 1.67. The number of hydrogen-bond donors (Lipinski definition) is 2. The van der Waals surface area contributed by atoms with Gasteiger partial charge in [0.1, 0.15) is 5.75 Å². The molecule has 6 nitrogen and oxygen atoms in total. The highest BCUT2D eigenvalue weighted by Crippen LogP contribution is 2.27. The second-order valence-corrected chi connectivity index (χ2v) is 8.53. The molecule has 0 bridgehead atoms. The zero-order valence-corrected chi connectivity index (χ0v) is 19.3. The van der Waals surface area contributed by atoms with Gasteiger partial charge in [-0.05, 0) is 85.2 Å². The molecule has 158 valence electrons. The Morgan fingerprint density at radius 1 is 1.13 bits per heavy atom. The van der Waals surface area contributed by atoms with E-state index in [-0.39, 0.29) is 23.0 Å². The van der Waals surface area contributed by atoms with E-state index in [2.05, 4.69) is 26.6 Å². The first-order chi connectivity index (χ1) is 14.3. The molecule has 0 aromatic heterocycles. The van der Waals surface area contributed by atoms with E-state index in [1.54, 1.807) is 30.3 Å². The average molecular weight is 490 g/mol. The number of nitrogens with zero attached hydrogens (tertiary/aromatic N) is 1. The molecule has 1 heterocycles. The van der Waals surface area contributed by atoms with Crippen LogP contribution in [0.2, 0.25) is 0 Å². The quantitative estimate of drug-likeness (QED) is 0.600.